The molecule has 0 aliphatic carbocycles. The Balaban J connectivity index is 1.70. The molecule has 2 aromatic carbocycles. The van der Waals surface area contributed by atoms with Crippen LogP contribution in [0.2, 0.25) is 0 Å². The second-order valence-electron chi connectivity index (χ2n) is 6.73. The Bertz CT molecular complexity index is 937. The van der Waals surface area contributed by atoms with Gasteiger partial charge in [-0.1, -0.05) is 53.2 Å². The number of halogens is 1. The summed E-state index contributed by atoms with van der Waals surface area (Å²) >= 11 is 3.44. The highest BCUT2D eigenvalue weighted by Crippen LogP contribution is 2.36. The SMILES string of the molecule is CCC1(c2ccc(NC(=O)/C=C/c3ccccc3Br)cc2)CCC(=O)NC1=O. The maximum absolute atomic E-state index is 12.5. The molecule has 1 aliphatic rings. The lowest BCUT2D eigenvalue weighted by Crippen LogP contribution is -2.51. The minimum absolute atomic E-state index is 0.227. The average molecular weight is 441 g/mol. The Labute approximate surface area is 172 Å². The molecule has 2 N–H and O–H groups in total. The first-order valence-electron chi connectivity index (χ1n) is 9.13. The minimum atomic E-state index is -0.698. The molecule has 0 bridgehead atoms. The number of anilines is 1. The quantitative estimate of drug-likeness (QED) is 0.540. The molecule has 3 rings (SSSR count). The van der Waals surface area contributed by atoms with Crippen LogP contribution in [0.25, 0.3) is 6.08 Å². The number of amides is 3. The summed E-state index contributed by atoms with van der Waals surface area (Å²) in [6.45, 7) is 1.94. The van der Waals surface area contributed by atoms with Crippen LogP contribution in [0.15, 0.2) is 59.1 Å². The second kappa shape index (κ2) is 8.52. The number of carbonyl (C=O) groups excluding carboxylic acids is 3. The van der Waals surface area contributed by atoms with Gasteiger partial charge in [-0.05, 0) is 48.2 Å². The number of nitrogens with one attached hydrogen (secondary N) is 2. The molecule has 1 heterocycles. The summed E-state index contributed by atoms with van der Waals surface area (Å²) in [5.74, 6) is -0.719. The van der Waals surface area contributed by atoms with Gasteiger partial charge in [-0.2, -0.15) is 0 Å². The molecule has 1 fully saturated rings. The van der Waals surface area contributed by atoms with E-state index in [1.165, 1.54) is 6.08 Å². The van der Waals surface area contributed by atoms with Gasteiger partial charge < -0.3 is 5.32 Å². The van der Waals surface area contributed by atoms with Crippen molar-refractivity contribution in [1.82, 2.24) is 5.32 Å². The van der Waals surface area contributed by atoms with Crippen LogP contribution in [-0.4, -0.2) is 17.7 Å². The van der Waals surface area contributed by atoms with Crippen LogP contribution in [0.5, 0.6) is 0 Å². The fourth-order valence-corrected chi connectivity index (χ4v) is 3.82. The molecule has 0 spiro atoms. The van der Waals surface area contributed by atoms with Gasteiger partial charge in [0.1, 0.15) is 0 Å². The highest BCUT2D eigenvalue weighted by molar-refractivity contribution is 9.10. The Morgan fingerprint density at radius 2 is 1.89 bits per heavy atom. The third-order valence-electron chi connectivity index (χ3n) is 5.09. The topological polar surface area (TPSA) is 75.3 Å². The number of piperidine rings is 1. The number of hydrogen-bond donors (Lipinski definition) is 2. The summed E-state index contributed by atoms with van der Waals surface area (Å²) in [5, 5.41) is 5.26. The summed E-state index contributed by atoms with van der Waals surface area (Å²) in [7, 11) is 0. The molecule has 3 amide bonds. The van der Waals surface area contributed by atoms with E-state index in [-0.39, 0.29) is 17.7 Å². The van der Waals surface area contributed by atoms with Crippen LogP contribution in [0, 0.1) is 0 Å². The van der Waals surface area contributed by atoms with Crippen molar-refractivity contribution in [3.63, 3.8) is 0 Å². The van der Waals surface area contributed by atoms with Gasteiger partial charge in [0, 0.05) is 22.7 Å². The smallest absolute Gasteiger partial charge is 0.248 e. The average Bonchev–Trinajstić information content (AvgIpc) is 2.69. The van der Waals surface area contributed by atoms with Crippen molar-refractivity contribution in [3.05, 3.63) is 70.2 Å². The lowest BCUT2D eigenvalue weighted by Gasteiger charge is -2.35. The molecule has 0 radical (unpaired) electrons. The van der Waals surface area contributed by atoms with E-state index >= 15 is 0 Å². The van der Waals surface area contributed by atoms with Gasteiger partial charge in [-0.15, -0.1) is 0 Å². The summed E-state index contributed by atoms with van der Waals surface area (Å²) in [5.41, 5.74) is 1.71. The predicted octanol–water partition coefficient (Wildman–Crippen LogP) is 4.19. The first-order chi connectivity index (χ1) is 13.4. The number of hydrogen-bond acceptors (Lipinski definition) is 3. The zero-order valence-corrected chi connectivity index (χ0v) is 17.1. The highest BCUT2D eigenvalue weighted by atomic mass is 79.9. The Kier molecular flexibility index (Phi) is 6.09. The van der Waals surface area contributed by atoms with Crippen molar-refractivity contribution in [3.8, 4) is 0 Å². The van der Waals surface area contributed by atoms with E-state index in [9.17, 15) is 14.4 Å². The standard InChI is InChI=1S/C22H21BrN2O3/c1-2-22(14-13-20(27)25-21(22)28)16-8-10-17(11-9-16)24-19(26)12-7-15-5-3-4-6-18(15)23/h3-12H,2,13-14H2,1H3,(H,24,26)(H,25,27,28)/b12-7+. The number of imide groups is 1. The van der Waals surface area contributed by atoms with Gasteiger partial charge in [0.05, 0.1) is 5.41 Å². The molecule has 1 aliphatic heterocycles. The Morgan fingerprint density at radius 1 is 1.18 bits per heavy atom. The molecule has 0 saturated carbocycles. The van der Waals surface area contributed by atoms with Crippen LogP contribution in [0.3, 0.4) is 0 Å². The zero-order chi connectivity index (χ0) is 20.1. The Morgan fingerprint density at radius 3 is 2.54 bits per heavy atom. The molecule has 1 atom stereocenters. The molecular formula is C22H21BrN2O3. The van der Waals surface area contributed by atoms with Gasteiger partial charge in [0.15, 0.2) is 0 Å². The fraction of sp³-hybridized carbons (Fsp3) is 0.227. The third-order valence-corrected chi connectivity index (χ3v) is 5.82. The van der Waals surface area contributed by atoms with Gasteiger partial charge in [-0.25, -0.2) is 0 Å². The molecular weight excluding hydrogens is 420 g/mol. The molecule has 2 aromatic rings. The van der Waals surface area contributed by atoms with Crippen molar-refractivity contribution in [2.45, 2.75) is 31.6 Å². The monoisotopic (exact) mass is 440 g/mol. The molecule has 6 heteroatoms. The van der Waals surface area contributed by atoms with Gasteiger partial charge in [0.25, 0.3) is 0 Å². The maximum Gasteiger partial charge on any atom is 0.248 e. The van der Waals surface area contributed by atoms with Crippen molar-refractivity contribution in [1.29, 1.82) is 0 Å². The largest absolute Gasteiger partial charge is 0.323 e. The maximum atomic E-state index is 12.5. The first kappa shape index (κ1) is 20.0. The summed E-state index contributed by atoms with van der Waals surface area (Å²) < 4.78 is 0.914. The van der Waals surface area contributed by atoms with E-state index in [1.54, 1.807) is 18.2 Å². The van der Waals surface area contributed by atoms with Crippen molar-refractivity contribution >= 4 is 45.4 Å². The number of carbonyl (C=O) groups is 3. The van der Waals surface area contributed by atoms with Gasteiger partial charge in [0.2, 0.25) is 17.7 Å². The molecule has 0 aromatic heterocycles. The molecule has 1 unspecified atom stereocenters. The predicted molar refractivity (Wildman–Crippen MR) is 113 cm³/mol. The van der Waals surface area contributed by atoms with Crippen molar-refractivity contribution < 1.29 is 14.4 Å². The summed E-state index contributed by atoms with van der Waals surface area (Å²) in [6, 6.07) is 14.9. The molecule has 5 nitrogen and oxygen atoms in total. The second-order valence-corrected chi connectivity index (χ2v) is 7.59. The van der Waals surface area contributed by atoms with Crippen molar-refractivity contribution in [2.75, 3.05) is 5.32 Å². The third kappa shape index (κ3) is 4.22. The van der Waals surface area contributed by atoms with Crippen LogP contribution >= 0.6 is 15.9 Å². The molecule has 1 saturated heterocycles. The van der Waals surface area contributed by atoms with Crippen molar-refractivity contribution in [2.24, 2.45) is 0 Å². The number of rotatable bonds is 5. The first-order valence-corrected chi connectivity index (χ1v) is 9.92. The van der Waals surface area contributed by atoms with Gasteiger partial charge in [-0.3, -0.25) is 19.7 Å². The van der Waals surface area contributed by atoms with E-state index in [0.717, 1.165) is 15.6 Å². The molecule has 144 valence electrons. The van der Waals surface area contributed by atoms with Crippen LogP contribution in [0.4, 0.5) is 5.69 Å². The van der Waals surface area contributed by atoms with Crippen LogP contribution in [-0.2, 0) is 19.8 Å². The van der Waals surface area contributed by atoms with E-state index in [0.29, 0.717) is 24.9 Å². The van der Waals surface area contributed by atoms with Crippen LogP contribution in [0.1, 0.15) is 37.3 Å². The normalized spacial score (nSPS) is 19.5. The molecule has 28 heavy (non-hydrogen) atoms. The number of benzene rings is 2. The lowest BCUT2D eigenvalue weighted by molar-refractivity contribution is -0.138. The summed E-state index contributed by atoms with van der Waals surface area (Å²) in [4.78, 5) is 36.1. The minimum Gasteiger partial charge on any atom is -0.323 e. The van der Waals surface area contributed by atoms with E-state index < -0.39 is 5.41 Å². The van der Waals surface area contributed by atoms with Crippen LogP contribution < -0.4 is 10.6 Å². The highest BCUT2D eigenvalue weighted by Gasteiger charge is 2.42. The Hall–Kier alpha value is -2.73. The zero-order valence-electron chi connectivity index (χ0n) is 15.5. The summed E-state index contributed by atoms with van der Waals surface area (Å²) in [6.07, 6.45) is 4.64. The fourth-order valence-electron chi connectivity index (χ4n) is 3.40. The van der Waals surface area contributed by atoms with E-state index in [2.05, 4.69) is 26.6 Å². The van der Waals surface area contributed by atoms with E-state index in [1.807, 2.05) is 43.3 Å². The van der Waals surface area contributed by atoms with E-state index in [4.69, 9.17) is 0 Å². The van der Waals surface area contributed by atoms with Gasteiger partial charge >= 0.3 is 0 Å². The lowest BCUT2D eigenvalue weighted by atomic mass is 9.72.